The predicted octanol–water partition coefficient (Wildman–Crippen LogP) is 4.92. The lowest BCUT2D eigenvalue weighted by Crippen LogP contribution is -2.46. The Balaban J connectivity index is 2.11. The fourth-order valence-electron chi connectivity index (χ4n) is 4.23. The number of nitrogens with zero attached hydrogens (tertiary/aromatic N) is 2. The summed E-state index contributed by atoms with van der Waals surface area (Å²) in [6.07, 6.45) is 8.32. The van der Waals surface area contributed by atoms with Crippen LogP contribution in [0.5, 0.6) is 0 Å². The van der Waals surface area contributed by atoms with Gasteiger partial charge in [0.15, 0.2) is 0 Å². The molecule has 0 fully saturated rings. The summed E-state index contributed by atoms with van der Waals surface area (Å²) in [5.74, 6) is 0. The lowest BCUT2D eigenvalue weighted by atomic mass is 9.78. The van der Waals surface area contributed by atoms with E-state index >= 15 is 0 Å². The van der Waals surface area contributed by atoms with Crippen LogP contribution in [0.25, 0.3) is 0 Å². The normalized spacial score (nSPS) is 24.5. The quantitative estimate of drug-likeness (QED) is 0.514. The molecular weight excluding hydrogens is 272 g/mol. The van der Waals surface area contributed by atoms with E-state index in [-0.39, 0.29) is 0 Å². The molecule has 0 aromatic heterocycles. The van der Waals surface area contributed by atoms with Crippen LogP contribution in [0.2, 0.25) is 0 Å². The van der Waals surface area contributed by atoms with Crippen LogP contribution in [-0.2, 0) is 4.84 Å². The van der Waals surface area contributed by atoms with Gasteiger partial charge in [0.05, 0.1) is 5.71 Å². The Bertz CT molecular complexity index is 415. The number of rotatable bonds is 6. The second-order valence-electron chi connectivity index (χ2n) is 7.34. The van der Waals surface area contributed by atoms with Crippen molar-refractivity contribution in [1.82, 2.24) is 4.90 Å². The van der Waals surface area contributed by atoms with E-state index in [0.29, 0.717) is 18.1 Å². The average molecular weight is 306 g/mol. The first-order valence-corrected chi connectivity index (χ1v) is 9.22. The molecule has 0 saturated carbocycles. The second kappa shape index (κ2) is 8.14. The third kappa shape index (κ3) is 4.13. The number of allylic oxidation sites excluding steroid dienone is 1. The molecule has 22 heavy (non-hydrogen) atoms. The van der Waals surface area contributed by atoms with Gasteiger partial charge in [0.25, 0.3) is 0 Å². The molecule has 3 nitrogen and oxygen atoms in total. The molecule has 0 amide bonds. The molecule has 3 heteroatoms. The molecule has 0 spiro atoms. The van der Waals surface area contributed by atoms with Gasteiger partial charge in [-0.1, -0.05) is 17.7 Å². The largest absolute Gasteiger partial charge is 0.396 e. The molecule has 0 N–H and O–H groups in total. The molecule has 0 aromatic carbocycles. The van der Waals surface area contributed by atoms with Crippen LogP contribution in [0.3, 0.4) is 0 Å². The number of hydrogen-bond donors (Lipinski definition) is 0. The van der Waals surface area contributed by atoms with Gasteiger partial charge in [-0.05, 0) is 78.2 Å². The van der Waals surface area contributed by atoms with Gasteiger partial charge in [0.2, 0.25) is 0 Å². The molecule has 2 aliphatic carbocycles. The van der Waals surface area contributed by atoms with E-state index in [9.17, 15) is 0 Å². The third-order valence-corrected chi connectivity index (χ3v) is 4.96. The Morgan fingerprint density at radius 1 is 1.14 bits per heavy atom. The standard InChI is InChI=1S/C19H34N2O/c1-6-12-22-20-19-9-7-8-16-13-17(10-11-18(16)19)21(14(2)3)15(4)5/h14-15,17H,6-13H2,1-5H3. The molecule has 0 aliphatic heterocycles. The Labute approximate surface area is 136 Å². The van der Waals surface area contributed by atoms with Crippen LogP contribution in [0.1, 0.15) is 79.6 Å². The fraction of sp³-hybridized carbons (Fsp3) is 0.842. The highest BCUT2D eigenvalue weighted by Crippen LogP contribution is 2.37. The molecule has 0 heterocycles. The van der Waals surface area contributed by atoms with Crippen LogP contribution < -0.4 is 0 Å². The van der Waals surface area contributed by atoms with Crippen LogP contribution in [0.4, 0.5) is 0 Å². The van der Waals surface area contributed by atoms with Crippen molar-refractivity contribution in [2.75, 3.05) is 6.61 Å². The lowest BCUT2D eigenvalue weighted by molar-refractivity contribution is 0.101. The van der Waals surface area contributed by atoms with E-state index in [2.05, 4.69) is 44.7 Å². The maximum atomic E-state index is 5.47. The molecule has 1 atom stereocenters. The molecule has 126 valence electrons. The first-order valence-electron chi connectivity index (χ1n) is 9.22. The summed E-state index contributed by atoms with van der Waals surface area (Å²) in [5.41, 5.74) is 4.44. The topological polar surface area (TPSA) is 24.8 Å². The van der Waals surface area contributed by atoms with E-state index < -0.39 is 0 Å². The Hall–Kier alpha value is -0.830. The van der Waals surface area contributed by atoms with Gasteiger partial charge in [-0.2, -0.15) is 0 Å². The van der Waals surface area contributed by atoms with Crippen LogP contribution >= 0.6 is 0 Å². The van der Waals surface area contributed by atoms with Crippen molar-refractivity contribution in [3.63, 3.8) is 0 Å². The minimum atomic E-state index is 0.622. The van der Waals surface area contributed by atoms with Crippen LogP contribution in [0, 0.1) is 0 Å². The van der Waals surface area contributed by atoms with Gasteiger partial charge in [0, 0.05) is 18.1 Å². The van der Waals surface area contributed by atoms with Crippen molar-refractivity contribution >= 4 is 5.71 Å². The summed E-state index contributed by atoms with van der Waals surface area (Å²) < 4.78 is 0. The van der Waals surface area contributed by atoms with Crippen molar-refractivity contribution in [2.45, 2.75) is 97.7 Å². The molecular formula is C19H34N2O. The predicted molar refractivity (Wildman–Crippen MR) is 94.3 cm³/mol. The summed E-state index contributed by atoms with van der Waals surface area (Å²) in [7, 11) is 0. The van der Waals surface area contributed by atoms with Gasteiger partial charge in [-0.25, -0.2) is 0 Å². The summed E-state index contributed by atoms with van der Waals surface area (Å²) in [6.45, 7) is 12.2. The first kappa shape index (κ1) is 17.5. The van der Waals surface area contributed by atoms with Crippen molar-refractivity contribution in [3.05, 3.63) is 11.1 Å². The van der Waals surface area contributed by atoms with E-state index in [0.717, 1.165) is 19.4 Å². The van der Waals surface area contributed by atoms with E-state index in [1.165, 1.54) is 43.4 Å². The molecule has 1 unspecified atom stereocenters. The van der Waals surface area contributed by atoms with Gasteiger partial charge >= 0.3 is 0 Å². The third-order valence-electron chi connectivity index (χ3n) is 4.96. The highest BCUT2D eigenvalue weighted by molar-refractivity contribution is 6.01. The second-order valence-corrected chi connectivity index (χ2v) is 7.34. The number of hydrogen-bond acceptors (Lipinski definition) is 3. The molecule has 2 rings (SSSR count). The van der Waals surface area contributed by atoms with Crippen molar-refractivity contribution < 1.29 is 4.84 Å². The number of oxime groups is 1. The van der Waals surface area contributed by atoms with Gasteiger partial charge < -0.3 is 4.84 Å². The van der Waals surface area contributed by atoms with Crippen LogP contribution in [0.15, 0.2) is 16.3 Å². The van der Waals surface area contributed by atoms with E-state index in [1.54, 1.807) is 5.57 Å². The SMILES string of the molecule is CCCON=C1CCCC2=C1CCC(N(C(C)C)C(C)C)C2. The lowest BCUT2D eigenvalue weighted by Gasteiger charge is -2.42. The van der Waals surface area contributed by atoms with Gasteiger partial charge in [-0.15, -0.1) is 0 Å². The van der Waals surface area contributed by atoms with Crippen molar-refractivity contribution in [1.29, 1.82) is 0 Å². The fourth-order valence-corrected chi connectivity index (χ4v) is 4.23. The van der Waals surface area contributed by atoms with Gasteiger partial charge in [0.1, 0.15) is 6.61 Å². The summed E-state index contributed by atoms with van der Waals surface area (Å²) in [4.78, 5) is 8.16. The molecule has 0 bridgehead atoms. The Kier molecular flexibility index (Phi) is 6.49. The minimum Gasteiger partial charge on any atom is -0.396 e. The smallest absolute Gasteiger partial charge is 0.116 e. The molecule has 0 saturated heterocycles. The Morgan fingerprint density at radius 2 is 1.86 bits per heavy atom. The van der Waals surface area contributed by atoms with E-state index in [4.69, 9.17) is 4.84 Å². The molecule has 0 aromatic rings. The molecule has 2 aliphatic rings. The minimum absolute atomic E-state index is 0.622. The zero-order chi connectivity index (χ0) is 16.1. The highest BCUT2D eigenvalue weighted by Gasteiger charge is 2.31. The zero-order valence-corrected chi connectivity index (χ0v) is 15.2. The summed E-state index contributed by atoms with van der Waals surface area (Å²) >= 11 is 0. The van der Waals surface area contributed by atoms with Crippen molar-refractivity contribution in [2.24, 2.45) is 5.16 Å². The Morgan fingerprint density at radius 3 is 2.50 bits per heavy atom. The highest BCUT2D eigenvalue weighted by atomic mass is 16.6. The monoisotopic (exact) mass is 306 g/mol. The van der Waals surface area contributed by atoms with E-state index in [1.807, 2.05) is 0 Å². The molecule has 0 radical (unpaired) electrons. The van der Waals surface area contributed by atoms with Crippen molar-refractivity contribution in [3.8, 4) is 0 Å². The maximum Gasteiger partial charge on any atom is 0.116 e. The van der Waals surface area contributed by atoms with Crippen LogP contribution in [-0.4, -0.2) is 35.3 Å². The zero-order valence-electron chi connectivity index (χ0n) is 15.2. The summed E-state index contributed by atoms with van der Waals surface area (Å²) in [5, 5.41) is 4.44. The maximum absolute atomic E-state index is 5.47. The average Bonchev–Trinajstić information content (AvgIpc) is 2.46. The van der Waals surface area contributed by atoms with Gasteiger partial charge in [-0.3, -0.25) is 4.90 Å². The first-order chi connectivity index (χ1) is 10.5. The summed E-state index contributed by atoms with van der Waals surface area (Å²) in [6, 6.07) is 1.95.